The zero-order chi connectivity index (χ0) is 19.5. The summed E-state index contributed by atoms with van der Waals surface area (Å²) < 4.78 is 27.5. The van der Waals surface area contributed by atoms with E-state index >= 15 is 0 Å². The first-order chi connectivity index (χ1) is 12.9. The molecule has 1 aliphatic heterocycles. The van der Waals surface area contributed by atoms with Gasteiger partial charge in [0.1, 0.15) is 0 Å². The fraction of sp³-hybridized carbons (Fsp3) is 0.200. The second kappa shape index (κ2) is 7.66. The van der Waals surface area contributed by atoms with Crippen molar-refractivity contribution in [3.63, 3.8) is 0 Å². The molecule has 1 heterocycles. The van der Waals surface area contributed by atoms with Gasteiger partial charge < -0.3 is 0 Å². The number of benzene rings is 2. The van der Waals surface area contributed by atoms with Gasteiger partial charge in [0, 0.05) is 11.2 Å². The van der Waals surface area contributed by atoms with Crippen LogP contribution < -0.4 is 4.72 Å². The first-order valence-corrected chi connectivity index (χ1v) is 10.4. The lowest BCUT2D eigenvalue weighted by atomic mass is 9.90. The lowest BCUT2D eigenvalue weighted by Crippen LogP contribution is -2.43. The maximum absolute atomic E-state index is 12.9. The van der Waals surface area contributed by atoms with E-state index < -0.39 is 21.5 Å². The van der Waals surface area contributed by atoms with Crippen molar-refractivity contribution >= 4 is 33.7 Å². The zero-order valence-corrected chi connectivity index (χ0v) is 16.3. The van der Waals surface area contributed by atoms with Crippen molar-refractivity contribution in [2.75, 3.05) is 0 Å². The maximum atomic E-state index is 12.9. The quantitative estimate of drug-likeness (QED) is 0.801. The molecule has 0 radical (unpaired) electrons. The van der Waals surface area contributed by atoms with E-state index in [1.807, 2.05) is 0 Å². The smallest absolute Gasteiger partial charge is 0.270 e. The number of nitrogens with zero attached hydrogens (tertiary/aromatic N) is 1. The Morgan fingerprint density at radius 1 is 1.11 bits per heavy atom. The Kier molecular flexibility index (Phi) is 5.48. The monoisotopic (exact) mass is 402 g/mol. The molecule has 2 aromatic carbocycles. The summed E-state index contributed by atoms with van der Waals surface area (Å²) in [5.41, 5.74) is 0.145. The molecule has 27 heavy (non-hydrogen) atoms. The number of halogens is 1. The summed E-state index contributed by atoms with van der Waals surface area (Å²) in [5.74, 6) is -0.743. The van der Waals surface area contributed by atoms with Crippen LogP contribution in [0.15, 0.2) is 70.6 Å². The molecule has 0 saturated carbocycles. The third-order valence-electron chi connectivity index (χ3n) is 4.33. The Hall–Kier alpha value is -2.44. The van der Waals surface area contributed by atoms with Crippen molar-refractivity contribution in [3.8, 4) is 0 Å². The minimum absolute atomic E-state index is 0.0351. The van der Waals surface area contributed by atoms with Gasteiger partial charge in [-0.3, -0.25) is 9.79 Å². The average molecular weight is 403 g/mol. The molecule has 3 rings (SSSR count). The molecule has 1 atom stereocenters. The highest BCUT2D eigenvalue weighted by Crippen LogP contribution is 2.32. The molecule has 1 unspecified atom stereocenters. The summed E-state index contributed by atoms with van der Waals surface area (Å²) in [6.45, 7) is 2.05. The Labute approximate surface area is 163 Å². The molecule has 1 N–H and O–H groups in total. The topological polar surface area (TPSA) is 75.6 Å². The SMILES string of the molecule is CCCc1ccc(S(=O)(=O)NC(=O)C2(c3ccc(Cl)cc3)C=CC=N2)cc1. The fourth-order valence-corrected chi connectivity index (χ4v) is 4.05. The number of sulfonamides is 1. The van der Waals surface area contributed by atoms with Crippen LogP contribution in [0.3, 0.4) is 0 Å². The average Bonchev–Trinajstić information content (AvgIpc) is 3.14. The first kappa shape index (κ1) is 19.3. The lowest BCUT2D eigenvalue weighted by molar-refractivity contribution is -0.123. The highest BCUT2D eigenvalue weighted by atomic mass is 35.5. The van der Waals surface area contributed by atoms with Gasteiger partial charge >= 0.3 is 0 Å². The van der Waals surface area contributed by atoms with Crippen molar-refractivity contribution in [1.29, 1.82) is 0 Å². The van der Waals surface area contributed by atoms with Crippen LogP contribution in [-0.2, 0) is 26.8 Å². The van der Waals surface area contributed by atoms with Crippen molar-refractivity contribution in [1.82, 2.24) is 4.72 Å². The van der Waals surface area contributed by atoms with E-state index in [1.54, 1.807) is 48.6 Å². The highest BCUT2D eigenvalue weighted by Gasteiger charge is 2.40. The van der Waals surface area contributed by atoms with Gasteiger partial charge in [-0.25, -0.2) is 13.1 Å². The van der Waals surface area contributed by atoms with Gasteiger partial charge in [0.25, 0.3) is 15.9 Å². The van der Waals surface area contributed by atoms with Crippen molar-refractivity contribution in [2.45, 2.75) is 30.2 Å². The van der Waals surface area contributed by atoms with Gasteiger partial charge in [-0.15, -0.1) is 0 Å². The summed E-state index contributed by atoms with van der Waals surface area (Å²) in [7, 11) is -4.02. The fourth-order valence-electron chi connectivity index (χ4n) is 2.91. The molecular formula is C20H19ClN2O3S. The zero-order valence-electron chi connectivity index (χ0n) is 14.7. The van der Waals surface area contributed by atoms with Crippen LogP contribution in [0, 0.1) is 0 Å². The van der Waals surface area contributed by atoms with Gasteiger partial charge in [-0.05, 0) is 54.0 Å². The predicted molar refractivity (Wildman–Crippen MR) is 107 cm³/mol. The molecule has 0 spiro atoms. The molecule has 5 nitrogen and oxygen atoms in total. The lowest BCUT2D eigenvalue weighted by Gasteiger charge is -2.23. The second-order valence-electron chi connectivity index (χ2n) is 6.24. The van der Waals surface area contributed by atoms with Gasteiger partial charge in [-0.2, -0.15) is 0 Å². The van der Waals surface area contributed by atoms with Crippen LogP contribution in [0.1, 0.15) is 24.5 Å². The molecule has 140 valence electrons. The van der Waals surface area contributed by atoms with Gasteiger partial charge in [-0.1, -0.05) is 49.2 Å². The van der Waals surface area contributed by atoms with E-state index in [4.69, 9.17) is 11.6 Å². The predicted octanol–water partition coefficient (Wildman–Crippen LogP) is 3.63. The second-order valence-corrected chi connectivity index (χ2v) is 8.36. The molecule has 0 aliphatic carbocycles. The summed E-state index contributed by atoms with van der Waals surface area (Å²) in [4.78, 5) is 17.2. The largest absolute Gasteiger partial charge is 0.270 e. The molecule has 1 aliphatic rings. The number of hydrogen-bond donors (Lipinski definition) is 1. The molecular weight excluding hydrogens is 384 g/mol. The van der Waals surface area contributed by atoms with Crippen LogP contribution in [0.2, 0.25) is 5.02 Å². The van der Waals surface area contributed by atoms with E-state index in [0.717, 1.165) is 18.4 Å². The Balaban J connectivity index is 1.88. The van der Waals surface area contributed by atoms with Crippen LogP contribution in [0.4, 0.5) is 0 Å². The van der Waals surface area contributed by atoms with Crippen molar-refractivity contribution in [2.24, 2.45) is 4.99 Å². The van der Waals surface area contributed by atoms with E-state index in [1.165, 1.54) is 18.3 Å². The minimum Gasteiger partial charge on any atom is -0.270 e. The molecule has 7 heteroatoms. The van der Waals surface area contributed by atoms with Crippen molar-refractivity contribution < 1.29 is 13.2 Å². The van der Waals surface area contributed by atoms with Crippen LogP contribution in [0.5, 0.6) is 0 Å². The minimum atomic E-state index is -4.02. The Bertz CT molecular complexity index is 983. The number of aryl methyl sites for hydroxylation is 1. The third kappa shape index (κ3) is 3.96. The first-order valence-electron chi connectivity index (χ1n) is 8.53. The highest BCUT2D eigenvalue weighted by molar-refractivity contribution is 7.90. The molecule has 1 amide bonds. The summed E-state index contributed by atoms with van der Waals surface area (Å²) in [6, 6.07) is 13.1. The van der Waals surface area contributed by atoms with E-state index in [0.29, 0.717) is 10.6 Å². The number of amides is 1. The normalized spacial score (nSPS) is 18.6. The number of carbonyl (C=O) groups excluding carboxylic acids is 1. The van der Waals surface area contributed by atoms with Crippen LogP contribution in [-0.4, -0.2) is 20.5 Å². The molecule has 0 aromatic heterocycles. The van der Waals surface area contributed by atoms with Crippen molar-refractivity contribution in [3.05, 3.63) is 76.8 Å². The summed E-state index contributed by atoms with van der Waals surface area (Å²) in [5, 5.41) is 0.514. The number of hydrogen-bond acceptors (Lipinski definition) is 4. The summed E-state index contributed by atoms with van der Waals surface area (Å²) >= 11 is 5.91. The van der Waals surface area contributed by atoms with E-state index in [9.17, 15) is 13.2 Å². The van der Waals surface area contributed by atoms with E-state index in [2.05, 4.69) is 16.6 Å². The number of nitrogens with one attached hydrogen (secondary N) is 1. The Morgan fingerprint density at radius 2 is 1.78 bits per heavy atom. The molecule has 0 saturated heterocycles. The van der Waals surface area contributed by atoms with Gasteiger partial charge in [0.05, 0.1) is 4.90 Å². The van der Waals surface area contributed by atoms with Crippen LogP contribution in [0.25, 0.3) is 0 Å². The van der Waals surface area contributed by atoms with Gasteiger partial charge in [0.15, 0.2) is 5.54 Å². The standard InChI is InChI=1S/C20H19ClN2O3S/c1-2-4-15-5-11-18(12-6-15)27(25,26)23-19(24)20(13-3-14-22-20)16-7-9-17(21)10-8-16/h3,5-14H,2,4H2,1H3,(H,23,24). The number of rotatable bonds is 6. The third-order valence-corrected chi connectivity index (χ3v) is 5.93. The summed E-state index contributed by atoms with van der Waals surface area (Å²) in [6.07, 6.45) is 6.48. The molecule has 0 bridgehead atoms. The Morgan fingerprint density at radius 3 is 2.33 bits per heavy atom. The maximum Gasteiger partial charge on any atom is 0.270 e. The van der Waals surface area contributed by atoms with E-state index in [-0.39, 0.29) is 4.90 Å². The van der Waals surface area contributed by atoms with Gasteiger partial charge in [0.2, 0.25) is 0 Å². The molecule has 2 aromatic rings. The molecule has 0 fully saturated rings. The number of carbonyl (C=O) groups is 1. The van der Waals surface area contributed by atoms with Crippen LogP contribution >= 0.6 is 11.6 Å². The number of aliphatic imine (C=N–C) groups is 1. The number of allylic oxidation sites excluding steroid dienone is 1.